The van der Waals surface area contributed by atoms with Crippen LogP contribution in [0.1, 0.15) is 41.9 Å². The maximum atomic E-state index is 13.2. The monoisotopic (exact) mass is 434 g/mol. The summed E-state index contributed by atoms with van der Waals surface area (Å²) in [4.78, 5) is 13.2. The SMILES string of the molecule is CCC(C)(Oc1ccc(O)cc1)c1ccc(C)cc1NC(=O)c1cc2sccc2n1C. The Labute approximate surface area is 185 Å². The molecule has 1 atom stereocenters. The largest absolute Gasteiger partial charge is 0.508 e. The summed E-state index contributed by atoms with van der Waals surface area (Å²) in [5.74, 6) is 0.694. The Bertz CT molecular complexity index is 1240. The van der Waals surface area contributed by atoms with Crippen molar-refractivity contribution < 1.29 is 14.6 Å². The fourth-order valence-electron chi connectivity index (χ4n) is 3.77. The second-order valence-electron chi connectivity index (χ2n) is 7.94. The van der Waals surface area contributed by atoms with Gasteiger partial charge in [-0.1, -0.05) is 19.1 Å². The number of amides is 1. The van der Waals surface area contributed by atoms with Gasteiger partial charge in [-0.05, 0) is 73.7 Å². The molecule has 4 aromatic rings. The number of aryl methyl sites for hydroxylation is 2. The summed E-state index contributed by atoms with van der Waals surface area (Å²) in [6, 6.07) is 16.7. The highest BCUT2D eigenvalue weighted by Gasteiger charge is 2.30. The van der Waals surface area contributed by atoms with Gasteiger partial charge in [-0.25, -0.2) is 0 Å². The molecule has 2 N–H and O–H groups in total. The molecule has 0 bridgehead atoms. The van der Waals surface area contributed by atoms with Gasteiger partial charge in [0.05, 0.1) is 10.2 Å². The van der Waals surface area contributed by atoms with Crippen LogP contribution in [0.25, 0.3) is 10.2 Å². The van der Waals surface area contributed by atoms with Crippen LogP contribution in [0, 0.1) is 6.92 Å². The second-order valence-corrected chi connectivity index (χ2v) is 8.89. The number of fused-ring (bicyclic) bond motifs is 1. The number of nitrogens with zero attached hydrogens (tertiary/aromatic N) is 1. The van der Waals surface area contributed by atoms with E-state index in [0.717, 1.165) is 27.0 Å². The molecule has 1 amide bonds. The molecule has 0 aliphatic carbocycles. The minimum absolute atomic E-state index is 0.152. The fraction of sp³-hybridized carbons (Fsp3) is 0.240. The number of phenols is 1. The highest BCUT2D eigenvalue weighted by atomic mass is 32.1. The molecule has 31 heavy (non-hydrogen) atoms. The maximum absolute atomic E-state index is 13.2. The number of nitrogens with one attached hydrogen (secondary N) is 1. The summed E-state index contributed by atoms with van der Waals surface area (Å²) in [7, 11) is 1.91. The first-order valence-corrected chi connectivity index (χ1v) is 11.1. The van der Waals surface area contributed by atoms with Gasteiger partial charge in [-0.3, -0.25) is 4.79 Å². The topological polar surface area (TPSA) is 63.5 Å². The average molecular weight is 435 g/mol. The number of thiophene rings is 1. The molecule has 6 heteroatoms. The Morgan fingerprint density at radius 3 is 2.58 bits per heavy atom. The van der Waals surface area contributed by atoms with E-state index in [9.17, 15) is 9.90 Å². The van der Waals surface area contributed by atoms with Crippen molar-refractivity contribution in [3.05, 3.63) is 76.8 Å². The Morgan fingerprint density at radius 2 is 1.90 bits per heavy atom. The summed E-state index contributed by atoms with van der Waals surface area (Å²) in [6.45, 7) is 6.07. The molecule has 1 unspecified atom stereocenters. The van der Waals surface area contributed by atoms with Gasteiger partial charge in [0.15, 0.2) is 0 Å². The molecule has 0 saturated carbocycles. The molecule has 160 valence electrons. The van der Waals surface area contributed by atoms with Crippen molar-refractivity contribution in [2.45, 2.75) is 32.8 Å². The van der Waals surface area contributed by atoms with E-state index in [1.54, 1.807) is 35.6 Å². The zero-order chi connectivity index (χ0) is 22.2. The van der Waals surface area contributed by atoms with Crippen molar-refractivity contribution in [3.8, 4) is 11.5 Å². The van der Waals surface area contributed by atoms with E-state index in [2.05, 4.69) is 12.2 Å². The number of hydrogen-bond donors (Lipinski definition) is 2. The van der Waals surface area contributed by atoms with Crippen LogP contribution in [0.3, 0.4) is 0 Å². The summed E-state index contributed by atoms with van der Waals surface area (Å²) >= 11 is 1.62. The van der Waals surface area contributed by atoms with E-state index in [-0.39, 0.29) is 11.7 Å². The first kappa shape index (κ1) is 21.0. The standard InChI is InChI=1S/C25H26N2O3S/c1-5-25(3,30-18-9-7-17(28)8-10-18)19-11-6-16(2)14-20(19)26-24(29)22-15-23-21(27(22)4)12-13-31-23/h6-15,28H,5H2,1-4H3,(H,26,29). The minimum Gasteiger partial charge on any atom is -0.508 e. The van der Waals surface area contributed by atoms with Crippen LogP contribution in [-0.2, 0) is 12.6 Å². The minimum atomic E-state index is -0.665. The van der Waals surface area contributed by atoms with Crippen LogP contribution in [0.2, 0.25) is 0 Å². The van der Waals surface area contributed by atoms with Crippen molar-refractivity contribution in [2.75, 3.05) is 5.32 Å². The number of carbonyl (C=O) groups excluding carboxylic acids is 1. The van der Waals surface area contributed by atoms with Gasteiger partial charge in [-0.15, -0.1) is 11.3 Å². The number of aromatic nitrogens is 1. The van der Waals surface area contributed by atoms with Crippen LogP contribution in [0.4, 0.5) is 5.69 Å². The Balaban J connectivity index is 1.69. The lowest BCUT2D eigenvalue weighted by molar-refractivity contribution is 0.0830. The van der Waals surface area contributed by atoms with Crippen molar-refractivity contribution in [1.82, 2.24) is 4.57 Å². The molecule has 0 fully saturated rings. The van der Waals surface area contributed by atoms with Crippen molar-refractivity contribution in [3.63, 3.8) is 0 Å². The van der Waals surface area contributed by atoms with E-state index < -0.39 is 5.60 Å². The van der Waals surface area contributed by atoms with E-state index in [1.807, 2.05) is 61.2 Å². The van der Waals surface area contributed by atoms with E-state index >= 15 is 0 Å². The van der Waals surface area contributed by atoms with Crippen molar-refractivity contribution in [2.24, 2.45) is 7.05 Å². The maximum Gasteiger partial charge on any atom is 0.272 e. The lowest BCUT2D eigenvalue weighted by Crippen LogP contribution is -2.30. The van der Waals surface area contributed by atoms with Crippen LogP contribution in [0.5, 0.6) is 11.5 Å². The van der Waals surface area contributed by atoms with Gasteiger partial charge >= 0.3 is 0 Å². The lowest BCUT2D eigenvalue weighted by atomic mass is 9.90. The summed E-state index contributed by atoms with van der Waals surface area (Å²) in [5.41, 5.74) is 3.69. The summed E-state index contributed by atoms with van der Waals surface area (Å²) < 4.78 is 9.36. The quantitative estimate of drug-likeness (QED) is 0.379. The number of aromatic hydroxyl groups is 1. The fourth-order valence-corrected chi connectivity index (χ4v) is 4.62. The zero-order valence-electron chi connectivity index (χ0n) is 18.1. The number of benzene rings is 2. The summed E-state index contributed by atoms with van der Waals surface area (Å²) in [6.07, 6.45) is 0.694. The number of carbonyl (C=O) groups is 1. The van der Waals surface area contributed by atoms with Gasteiger partial charge < -0.3 is 19.7 Å². The van der Waals surface area contributed by atoms with E-state index in [0.29, 0.717) is 17.9 Å². The number of hydrogen-bond acceptors (Lipinski definition) is 4. The van der Waals surface area contributed by atoms with E-state index in [4.69, 9.17) is 4.74 Å². The molecule has 2 aromatic carbocycles. The normalized spacial score (nSPS) is 13.2. The molecule has 2 heterocycles. The van der Waals surface area contributed by atoms with Crippen LogP contribution in [0.15, 0.2) is 60.0 Å². The Morgan fingerprint density at radius 1 is 1.16 bits per heavy atom. The number of ether oxygens (including phenoxy) is 1. The third-order valence-corrected chi connectivity index (χ3v) is 6.60. The predicted octanol–water partition coefficient (Wildman–Crippen LogP) is 6.21. The average Bonchev–Trinajstić information content (AvgIpc) is 3.33. The first-order valence-electron chi connectivity index (χ1n) is 10.2. The number of rotatable bonds is 6. The second kappa shape index (κ2) is 8.12. The van der Waals surface area contributed by atoms with E-state index in [1.165, 1.54) is 0 Å². The van der Waals surface area contributed by atoms with Crippen LogP contribution in [-0.4, -0.2) is 15.6 Å². The smallest absolute Gasteiger partial charge is 0.272 e. The molecule has 0 aliphatic heterocycles. The highest BCUT2D eigenvalue weighted by Crippen LogP contribution is 2.37. The van der Waals surface area contributed by atoms with Gasteiger partial charge in [0.1, 0.15) is 22.8 Å². The molecule has 0 radical (unpaired) electrons. The molecule has 0 saturated heterocycles. The molecule has 0 aliphatic rings. The number of anilines is 1. The molecule has 5 nitrogen and oxygen atoms in total. The summed E-state index contributed by atoms with van der Waals surface area (Å²) in [5, 5.41) is 14.7. The molecule has 0 spiro atoms. The third-order valence-electron chi connectivity index (χ3n) is 5.74. The molecule has 4 rings (SSSR count). The van der Waals surface area contributed by atoms with Crippen LogP contribution < -0.4 is 10.1 Å². The predicted molar refractivity (Wildman–Crippen MR) is 126 cm³/mol. The van der Waals surface area contributed by atoms with Gasteiger partial charge in [0.2, 0.25) is 0 Å². The first-order chi connectivity index (χ1) is 14.8. The molecular formula is C25H26N2O3S. The van der Waals surface area contributed by atoms with Crippen molar-refractivity contribution >= 4 is 33.1 Å². The van der Waals surface area contributed by atoms with Gasteiger partial charge in [-0.2, -0.15) is 0 Å². The highest BCUT2D eigenvalue weighted by molar-refractivity contribution is 7.17. The zero-order valence-corrected chi connectivity index (χ0v) is 18.9. The number of phenolic OH excluding ortho intramolecular Hbond substituents is 1. The van der Waals surface area contributed by atoms with Gasteiger partial charge in [0.25, 0.3) is 5.91 Å². The Hall–Kier alpha value is -3.25. The van der Waals surface area contributed by atoms with Crippen molar-refractivity contribution in [1.29, 1.82) is 0 Å². The van der Waals surface area contributed by atoms with Crippen LogP contribution >= 0.6 is 11.3 Å². The van der Waals surface area contributed by atoms with Gasteiger partial charge in [0, 0.05) is 18.3 Å². The molecular weight excluding hydrogens is 408 g/mol. The lowest BCUT2D eigenvalue weighted by Gasteiger charge is -2.32. The Kier molecular flexibility index (Phi) is 5.50. The molecule has 2 aromatic heterocycles. The third kappa shape index (κ3) is 4.03.